The normalized spacial score (nSPS) is 15.8. The highest BCUT2D eigenvalue weighted by atomic mass is 15.2. The third kappa shape index (κ3) is 2.98. The maximum absolute atomic E-state index is 2.39. The molecule has 150 valence electrons. The molecule has 0 saturated heterocycles. The van der Waals surface area contributed by atoms with Gasteiger partial charge in [0.2, 0.25) is 0 Å². The summed E-state index contributed by atoms with van der Waals surface area (Å²) in [5, 5.41) is 5.09. The number of nitrogens with zero attached hydrogens (tertiary/aromatic N) is 2. The van der Waals surface area contributed by atoms with Gasteiger partial charge in [0.15, 0.2) is 11.4 Å². The van der Waals surface area contributed by atoms with Crippen molar-refractivity contribution in [3.05, 3.63) is 108 Å². The highest BCUT2D eigenvalue weighted by Crippen LogP contribution is 2.30. The fourth-order valence-electron chi connectivity index (χ4n) is 4.76. The first-order valence-corrected chi connectivity index (χ1v) is 11.0. The fraction of sp³-hybridized carbons (Fsp3) is 0.138. The van der Waals surface area contributed by atoms with E-state index in [9.17, 15) is 0 Å². The average molecular weight is 402 g/mol. The van der Waals surface area contributed by atoms with Crippen molar-refractivity contribution < 1.29 is 4.57 Å². The molecule has 5 aromatic rings. The van der Waals surface area contributed by atoms with Crippen LogP contribution in [-0.2, 0) is 6.42 Å². The van der Waals surface area contributed by atoms with Gasteiger partial charge in [0.1, 0.15) is 11.4 Å². The molecule has 0 radical (unpaired) electrons. The highest BCUT2D eigenvalue weighted by Gasteiger charge is 2.30. The Morgan fingerprint density at radius 1 is 0.774 bits per heavy atom. The number of hydrogen-bond donors (Lipinski definition) is 0. The fourth-order valence-corrected chi connectivity index (χ4v) is 4.76. The third-order valence-corrected chi connectivity index (χ3v) is 6.74. The predicted molar refractivity (Wildman–Crippen MR) is 129 cm³/mol. The zero-order valence-corrected chi connectivity index (χ0v) is 17.9. The van der Waals surface area contributed by atoms with Crippen LogP contribution < -0.4 is 4.57 Å². The van der Waals surface area contributed by atoms with Gasteiger partial charge in [-0.1, -0.05) is 73.2 Å². The van der Waals surface area contributed by atoms with E-state index < -0.39 is 0 Å². The summed E-state index contributed by atoms with van der Waals surface area (Å²) in [4.78, 5) is 0. The SMILES string of the molecule is CC1=Cc2c(n(-c3ccc4ccccc4c3)c[n+]2-c2ccc3ccccc3c2)CC1C. The molecule has 0 amide bonds. The van der Waals surface area contributed by atoms with E-state index in [1.165, 1.54) is 49.9 Å². The van der Waals surface area contributed by atoms with Crippen LogP contribution in [0.2, 0.25) is 0 Å². The van der Waals surface area contributed by atoms with Gasteiger partial charge in [-0.2, -0.15) is 9.13 Å². The quantitative estimate of drug-likeness (QED) is 0.293. The van der Waals surface area contributed by atoms with Crippen LogP contribution in [0.5, 0.6) is 0 Å². The van der Waals surface area contributed by atoms with E-state index in [-0.39, 0.29) is 0 Å². The lowest BCUT2D eigenvalue weighted by Gasteiger charge is -2.16. The molecule has 6 rings (SSSR count). The first kappa shape index (κ1) is 18.1. The van der Waals surface area contributed by atoms with Crippen molar-refractivity contribution in [3.8, 4) is 11.4 Å². The highest BCUT2D eigenvalue weighted by molar-refractivity contribution is 5.85. The maximum atomic E-state index is 2.39. The summed E-state index contributed by atoms with van der Waals surface area (Å²) in [5.41, 5.74) is 6.53. The van der Waals surface area contributed by atoms with Gasteiger partial charge in [0, 0.05) is 6.42 Å². The summed E-state index contributed by atoms with van der Waals surface area (Å²) in [6.07, 6.45) is 5.68. The number of imidazole rings is 1. The Kier molecular flexibility index (Phi) is 4.07. The molecule has 2 heteroatoms. The second kappa shape index (κ2) is 6.95. The molecule has 0 spiro atoms. The molecule has 31 heavy (non-hydrogen) atoms. The van der Waals surface area contributed by atoms with Gasteiger partial charge in [-0.3, -0.25) is 0 Å². The number of benzene rings is 4. The Hall–Kier alpha value is -3.65. The molecule has 1 atom stereocenters. The molecular weight excluding hydrogens is 376 g/mol. The van der Waals surface area contributed by atoms with Crippen molar-refractivity contribution in [2.75, 3.05) is 0 Å². The van der Waals surface area contributed by atoms with Gasteiger partial charge < -0.3 is 0 Å². The summed E-state index contributed by atoms with van der Waals surface area (Å²) >= 11 is 0. The van der Waals surface area contributed by atoms with Crippen LogP contribution >= 0.6 is 0 Å². The standard InChI is InChI=1S/C29H25N2/c1-20-15-28-29(16-21(20)2)31(27-14-12-23-8-4-6-10-25(23)18-27)19-30(28)26-13-11-22-7-3-5-9-24(22)17-26/h3-15,17-19,21H,16H2,1-2H3/q+1. The van der Waals surface area contributed by atoms with Crippen molar-refractivity contribution in [1.82, 2.24) is 4.57 Å². The summed E-state index contributed by atoms with van der Waals surface area (Å²) in [5.74, 6) is 0.548. The lowest BCUT2D eigenvalue weighted by atomic mass is 9.90. The Labute approximate surface area is 182 Å². The molecule has 2 nitrogen and oxygen atoms in total. The monoisotopic (exact) mass is 401 g/mol. The van der Waals surface area contributed by atoms with Crippen LogP contribution in [0.3, 0.4) is 0 Å². The molecule has 1 aliphatic rings. The van der Waals surface area contributed by atoms with E-state index in [0.717, 1.165) is 6.42 Å². The molecule has 0 bridgehead atoms. The van der Waals surface area contributed by atoms with Gasteiger partial charge >= 0.3 is 0 Å². The minimum Gasteiger partial charge on any atom is -0.198 e. The molecule has 1 aromatic heterocycles. The van der Waals surface area contributed by atoms with Crippen LogP contribution in [0, 0.1) is 5.92 Å². The summed E-state index contributed by atoms with van der Waals surface area (Å²) in [6, 6.07) is 30.7. The molecule has 1 heterocycles. The number of rotatable bonds is 2. The Bertz CT molecular complexity index is 1490. The predicted octanol–water partition coefficient (Wildman–Crippen LogP) is 6.66. The van der Waals surface area contributed by atoms with Crippen molar-refractivity contribution in [1.29, 1.82) is 0 Å². The van der Waals surface area contributed by atoms with Gasteiger partial charge in [0.25, 0.3) is 6.33 Å². The van der Waals surface area contributed by atoms with E-state index in [2.05, 4.69) is 120 Å². The molecule has 0 aliphatic heterocycles. The first-order chi connectivity index (χ1) is 15.2. The number of fused-ring (bicyclic) bond motifs is 3. The van der Waals surface area contributed by atoms with Crippen molar-refractivity contribution in [2.45, 2.75) is 20.3 Å². The number of hydrogen-bond acceptors (Lipinski definition) is 0. The minimum atomic E-state index is 0.548. The Balaban J connectivity index is 1.59. The average Bonchev–Trinajstić information content (AvgIpc) is 3.17. The van der Waals surface area contributed by atoms with Crippen LogP contribution in [-0.4, -0.2) is 4.57 Å². The second-order valence-corrected chi connectivity index (χ2v) is 8.74. The molecule has 1 aliphatic carbocycles. The van der Waals surface area contributed by atoms with Crippen LogP contribution in [0.25, 0.3) is 39.0 Å². The van der Waals surface area contributed by atoms with E-state index >= 15 is 0 Å². The topological polar surface area (TPSA) is 8.81 Å². The summed E-state index contributed by atoms with van der Waals surface area (Å²) < 4.78 is 4.74. The molecule has 0 N–H and O–H groups in total. The lowest BCUT2D eigenvalue weighted by molar-refractivity contribution is -0.597. The molecule has 4 aromatic carbocycles. The van der Waals surface area contributed by atoms with Crippen LogP contribution in [0.15, 0.2) is 96.8 Å². The molecule has 1 unspecified atom stereocenters. The van der Waals surface area contributed by atoms with Gasteiger partial charge in [-0.25, -0.2) is 0 Å². The van der Waals surface area contributed by atoms with E-state index in [4.69, 9.17) is 0 Å². The Morgan fingerprint density at radius 2 is 1.42 bits per heavy atom. The van der Waals surface area contributed by atoms with Crippen LogP contribution in [0.4, 0.5) is 0 Å². The largest absolute Gasteiger partial charge is 0.254 e. The first-order valence-electron chi connectivity index (χ1n) is 11.0. The zero-order valence-electron chi connectivity index (χ0n) is 17.9. The van der Waals surface area contributed by atoms with Gasteiger partial charge in [0.05, 0.1) is 0 Å². The number of allylic oxidation sites excluding steroid dienone is 1. The van der Waals surface area contributed by atoms with Crippen molar-refractivity contribution in [2.24, 2.45) is 5.92 Å². The van der Waals surface area contributed by atoms with Crippen molar-refractivity contribution >= 4 is 27.6 Å². The van der Waals surface area contributed by atoms with Gasteiger partial charge in [-0.05, 0) is 64.7 Å². The van der Waals surface area contributed by atoms with Crippen molar-refractivity contribution in [3.63, 3.8) is 0 Å². The van der Waals surface area contributed by atoms with E-state index in [1.54, 1.807) is 0 Å². The van der Waals surface area contributed by atoms with E-state index in [0.29, 0.717) is 5.92 Å². The van der Waals surface area contributed by atoms with Crippen LogP contribution in [0.1, 0.15) is 25.2 Å². The zero-order chi connectivity index (χ0) is 20.9. The second-order valence-electron chi connectivity index (χ2n) is 8.74. The molecule has 0 fully saturated rings. The maximum Gasteiger partial charge on any atom is 0.254 e. The minimum absolute atomic E-state index is 0.548. The van der Waals surface area contributed by atoms with E-state index in [1.807, 2.05) is 0 Å². The smallest absolute Gasteiger partial charge is 0.198 e. The van der Waals surface area contributed by atoms with Gasteiger partial charge in [-0.15, -0.1) is 0 Å². The number of aromatic nitrogens is 2. The lowest BCUT2D eigenvalue weighted by Crippen LogP contribution is -2.32. The third-order valence-electron chi connectivity index (χ3n) is 6.74. The summed E-state index contributed by atoms with van der Waals surface area (Å²) in [6.45, 7) is 4.58. The Morgan fingerprint density at radius 3 is 2.16 bits per heavy atom. The molecular formula is C29H25N2+. The summed E-state index contributed by atoms with van der Waals surface area (Å²) in [7, 11) is 0. The molecule has 0 saturated carbocycles.